The predicted molar refractivity (Wildman–Crippen MR) is 56.9 cm³/mol. The van der Waals surface area contributed by atoms with Crippen LogP contribution in [-0.4, -0.2) is 31.2 Å². The van der Waals surface area contributed by atoms with Crippen LogP contribution in [0.3, 0.4) is 0 Å². The normalized spacial score (nSPS) is 15.5. The Morgan fingerprint density at radius 2 is 2.00 bits per heavy atom. The Bertz CT molecular complexity index is 172. The van der Waals surface area contributed by atoms with Crippen molar-refractivity contribution in [2.24, 2.45) is 11.7 Å². The molecule has 0 saturated carbocycles. The van der Waals surface area contributed by atoms with Gasteiger partial charge in [0.05, 0.1) is 12.7 Å². The summed E-state index contributed by atoms with van der Waals surface area (Å²) in [4.78, 5) is 11.0. The summed E-state index contributed by atoms with van der Waals surface area (Å²) in [5.41, 5.74) is 5.20. The SMILES string of the molecule is CCNC(COC(C)C(C)C)C(N)=O. The number of rotatable bonds is 7. The van der Waals surface area contributed by atoms with E-state index in [0.717, 1.165) is 0 Å². The van der Waals surface area contributed by atoms with Crippen molar-refractivity contribution in [2.45, 2.75) is 39.8 Å². The van der Waals surface area contributed by atoms with Gasteiger partial charge in [-0.3, -0.25) is 4.79 Å². The lowest BCUT2D eigenvalue weighted by Crippen LogP contribution is -2.45. The van der Waals surface area contributed by atoms with Gasteiger partial charge in [-0.05, 0) is 19.4 Å². The maximum Gasteiger partial charge on any atom is 0.236 e. The monoisotopic (exact) mass is 202 g/mol. The van der Waals surface area contributed by atoms with Crippen LogP contribution in [-0.2, 0) is 9.53 Å². The highest BCUT2D eigenvalue weighted by atomic mass is 16.5. The zero-order valence-electron chi connectivity index (χ0n) is 9.54. The molecule has 0 fully saturated rings. The molecule has 0 aliphatic carbocycles. The van der Waals surface area contributed by atoms with Crippen molar-refractivity contribution >= 4 is 5.91 Å². The van der Waals surface area contributed by atoms with Crippen LogP contribution in [0.25, 0.3) is 0 Å². The number of carbonyl (C=O) groups is 1. The quantitative estimate of drug-likeness (QED) is 0.632. The third kappa shape index (κ3) is 5.19. The van der Waals surface area contributed by atoms with Gasteiger partial charge in [-0.25, -0.2) is 0 Å². The van der Waals surface area contributed by atoms with Crippen LogP contribution in [0.4, 0.5) is 0 Å². The van der Waals surface area contributed by atoms with Crippen LogP contribution < -0.4 is 11.1 Å². The maximum atomic E-state index is 11.0. The van der Waals surface area contributed by atoms with Crippen molar-refractivity contribution in [1.82, 2.24) is 5.32 Å². The summed E-state index contributed by atoms with van der Waals surface area (Å²) in [5.74, 6) is 0.0907. The number of hydrogen-bond acceptors (Lipinski definition) is 3. The molecule has 0 saturated heterocycles. The number of nitrogens with one attached hydrogen (secondary N) is 1. The Labute approximate surface area is 86.2 Å². The van der Waals surface area contributed by atoms with Gasteiger partial charge in [0.2, 0.25) is 5.91 Å². The molecule has 3 N–H and O–H groups in total. The van der Waals surface area contributed by atoms with Gasteiger partial charge in [0.25, 0.3) is 0 Å². The zero-order chi connectivity index (χ0) is 11.1. The van der Waals surface area contributed by atoms with Crippen LogP contribution in [0.15, 0.2) is 0 Å². The van der Waals surface area contributed by atoms with Crippen LogP contribution in [0.5, 0.6) is 0 Å². The van der Waals surface area contributed by atoms with Gasteiger partial charge in [-0.15, -0.1) is 0 Å². The molecule has 4 nitrogen and oxygen atoms in total. The van der Waals surface area contributed by atoms with Gasteiger partial charge in [-0.1, -0.05) is 20.8 Å². The van der Waals surface area contributed by atoms with Crippen molar-refractivity contribution < 1.29 is 9.53 Å². The fourth-order valence-corrected chi connectivity index (χ4v) is 0.929. The first kappa shape index (κ1) is 13.4. The summed E-state index contributed by atoms with van der Waals surface area (Å²) < 4.78 is 5.52. The number of amides is 1. The first-order chi connectivity index (χ1) is 6.49. The van der Waals surface area contributed by atoms with E-state index in [1.54, 1.807) is 0 Å². The molecule has 0 bridgehead atoms. The summed E-state index contributed by atoms with van der Waals surface area (Å²) in [5, 5.41) is 2.98. The molecule has 0 aromatic heterocycles. The van der Waals surface area contributed by atoms with E-state index in [9.17, 15) is 4.79 Å². The second-order valence-electron chi connectivity index (χ2n) is 3.80. The Morgan fingerprint density at radius 3 is 2.36 bits per heavy atom. The van der Waals surface area contributed by atoms with E-state index in [4.69, 9.17) is 10.5 Å². The van der Waals surface area contributed by atoms with E-state index in [1.807, 2.05) is 13.8 Å². The van der Waals surface area contributed by atoms with Crippen LogP contribution in [0.1, 0.15) is 27.7 Å². The summed E-state index contributed by atoms with van der Waals surface area (Å²) in [6, 6.07) is -0.374. The van der Waals surface area contributed by atoms with Crippen LogP contribution >= 0.6 is 0 Å². The molecule has 0 spiro atoms. The molecular formula is C10H22N2O2. The Hall–Kier alpha value is -0.610. The molecule has 4 heteroatoms. The largest absolute Gasteiger partial charge is 0.376 e. The Morgan fingerprint density at radius 1 is 1.43 bits per heavy atom. The standard InChI is InChI=1S/C10H22N2O2/c1-5-12-9(10(11)13)6-14-8(4)7(2)3/h7-9,12H,5-6H2,1-4H3,(H2,11,13). The molecule has 0 radical (unpaired) electrons. The highest BCUT2D eigenvalue weighted by Crippen LogP contribution is 2.05. The fraction of sp³-hybridized carbons (Fsp3) is 0.900. The molecule has 1 amide bonds. The molecule has 84 valence electrons. The molecule has 2 atom stereocenters. The molecule has 0 rings (SSSR count). The van der Waals surface area contributed by atoms with E-state index in [0.29, 0.717) is 19.1 Å². The number of ether oxygens (including phenoxy) is 1. The highest BCUT2D eigenvalue weighted by molar-refractivity contribution is 5.79. The van der Waals surface area contributed by atoms with Crippen LogP contribution in [0, 0.1) is 5.92 Å². The van der Waals surface area contributed by atoms with E-state index < -0.39 is 0 Å². The first-order valence-corrected chi connectivity index (χ1v) is 5.13. The first-order valence-electron chi connectivity index (χ1n) is 5.13. The number of primary amides is 1. The third-order valence-electron chi connectivity index (χ3n) is 2.26. The predicted octanol–water partition coefficient (Wildman–Crippen LogP) is 0.511. The van der Waals surface area contributed by atoms with Gasteiger partial charge < -0.3 is 15.8 Å². The summed E-state index contributed by atoms with van der Waals surface area (Å²) in [6.45, 7) is 9.15. The van der Waals surface area contributed by atoms with E-state index >= 15 is 0 Å². The number of hydrogen-bond donors (Lipinski definition) is 2. The fourth-order valence-electron chi connectivity index (χ4n) is 0.929. The van der Waals surface area contributed by atoms with Crippen LogP contribution in [0.2, 0.25) is 0 Å². The second-order valence-corrected chi connectivity index (χ2v) is 3.80. The number of carbonyl (C=O) groups excluding carboxylic acids is 1. The minimum absolute atomic E-state index is 0.149. The average molecular weight is 202 g/mol. The number of nitrogens with two attached hydrogens (primary N) is 1. The Balaban J connectivity index is 3.87. The maximum absolute atomic E-state index is 11.0. The molecular weight excluding hydrogens is 180 g/mol. The topological polar surface area (TPSA) is 64.3 Å². The van der Waals surface area contributed by atoms with Gasteiger partial charge >= 0.3 is 0 Å². The van der Waals surface area contributed by atoms with Crippen molar-refractivity contribution in [3.63, 3.8) is 0 Å². The Kier molecular flexibility index (Phi) is 6.49. The van der Waals surface area contributed by atoms with Crippen molar-refractivity contribution in [1.29, 1.82) is 0 Å². The highest BCUT2D eigenvalue weighted by Gasteiger charge is 2.16. The smallest absolute Gasteiger partial charge is 0.236 e. The lowest BCUT2D eigenvalue weighted by molar-refractivity contribution is -0.122. The lowest BCUT2D eigenvalue weighted by atomic mass is 10.1. The molecule has 0 aliphatic heterocycles. The number of likely N-dealkylation sites (N-methyl/N-ethyl adjacent to an activating group) is 1. The van der Waals surface area contributed by atoms with Gasteiger partial charge in [0.1, 0.15) is 6.04 Å². The zero-order valence-corrected chi connectivity index (χ0v) is 9.54. The van der Waals surface area contributed by atoms with E-state index in [-0.39, 0.29) is 18.1 Å². The van der Waals surface area contributed by atoms with Gasteiger partial charge in [0.15, 0.2) is 0 Å². The molecule has 0 aliphatic rings. The summed E-state index contributed by atoms with van der Waals surface area (Å²) in [6.07, 6.45) is 0.149. The van der Waals surface area contributed by atoms with E-state index in [1.165, 1.54) is 0 Å². The van der Waals surface area contributed by atoms with Crippen molar-refractivity contribution in [3.05, 3.63) is 0 Å². The minimum Gasteiger partial charge on any atom is -0.376 e. The molecule has 14 heavy (non-hydrogen) atoms. The van der Waals surface area contributed by atoms with Crippen molar-refractivity contribution in [3.8, 4) is 0 Å². The molecule has 0 aromatic carbocycles. The summed E-state index contributed by atoms with van der Waals surface area (Å²) >= 11 is 0. The second kappa shape index (κ2) is 6.79. The molecule has 2 unspecified atom stereocenters. The average Bonchev–Trinajstić information content (AvgIpc) is 2.10. The van der Waals surface area contributed by atoms with Crippen molar-refractivity contribution in [2.75, 3.05) is 13.2 Å². The summed E-state index contributed by atoms with van der Waals surface area (Å²) in [7, 11) is 0. The minimum atomic E-state index is -0.374. The van der Waals surface area contributed by atoms with E-state index in [2.05, 4.69) is 19.2 Å². The van der Waals surface area contributed by atoms with Gasteiger partial charge in [0, 0.05) is 0 Å². The lowest BCUT2D eigenvalue weighted by Gasteiger charge is -2.20. The molecule has 0 aromatic rings. The third-order valence-corrected chi connectivity index (χ3v) is 2.26. The molecule has 0 heterocycles. The van der Waals surface area contributed by atoms with Gasteiger partial charge in [-0.2, -0.15) is 0 Å².